The molecule has 1 saturated heterocycles. The zero-order valence-corrected chi connectivity index (χ0v) is 15.0. The molecule has 0 atom stereocenters. The summed E-state index contributed by atoms with van der Waals surface area (Å²) in [6.45, 7) is 3.86. The molecular formula is C21H25N5. The molecule has 26 heavy (non-hydrogen) atoms. The van der Waals surface area contributed by atoms with Crippen LogP contribution in [0.25, 0.3) is 5.69 Å². The molecule has 2 N–H and O–H groups in total. The van der Waals surface area contributed by atoms with Crippen molar-refractivity contribution in [3.8, 4) is 5.69 Å². The molecule has 0 radical (unpaired) electrons. The second-order valence-corrected chi connectivity index (χ2v) is 7.13. The smallest absolute Gasteiger partial charge is 0.138 e. The van der Waals surface area contributed by atoms with E-state index in [2.05, 4.69) is 69.6 Å². The maximum Gasteiger partial charge on any atom is 0.138 e. The lowest BCUT2D eigenvalue weighted by Crippen LogP contribution is -2.46. The Morgan fingerprint density at radius 2 is 1.69 bits per heavy atom. The first-order valence-corrected chi connectivity index (χ1v) is 9.21. The minimum absolute atomic E-state index is 0.134. The molecule has 3 aromatic rings. The van der Waals surface area contributed by atoms with E-state index >= 15 is 0 Å². The summed E-state index contributed by atoms with van der Waals surface area (Å²) < 4.78 is 1.78. The molecule has 0 unspecified atom stereocenters. The van der Waals surface area contributed by atoms with Gasteiger partial charge >= 0.3 is 0 Å². The monoisotopic (exact) mass is 347 g/mol. The number of hydrogen-bond donors (Lipinski definition) is 1. The van der Waals surface area contributed by atoms with E-state index in [1.165, 1.54) is 11.1 Å². The molecule has 1 aromatic heterocycles. The zero-order valence-electron chi connectivity index (χ0n) is 15.0. The van der Waals surface area contributed by atoms with Crippen LogP contribution in [0.5, 0.6) is 0 Å². The summed E-state index contributed by atoms with van der Waals surface area (Å²) in [5.74, 6) is 0. The number of benzene rings is 2. The molecule has 2 heterocycles. The Morgan fingerprint density at radius 3 is 2.31 bits per heavy atom. The second kappa shape index (κ2) is 7.40. The van der Waals surface area contributed by atoms with Gasteiger partial charge in [0.1, 0.15) is 12.7 Å². The highest BCUT2D eigenvalue weighted by Crippen LogP contribution is 2.34. The van der Waals surface area contributed by atoms with Crippen molar-refractivity contribution in [2.45, 2.75) is 24.8 Å². The minimum Gasteiger partial charge on any atom is -0.330 e. The molecule has 1 fully saturated rings. The van der Waals surface area contributed by atoms with Gasteiger partial charge in [0, 0.05) is 18.5 Å². The van der Waals surface area contributed by atoms with E-state index in [0.717, 1.165) is 44.7 Å². The Bertz CT molecular complexity index is 803. The minimum atomic E-state index is 0.134. The van der Waals surface area contributed by atoms with Crippen LogP contribution in [0.15, 0.2) is 67.3 Å². The van der Waals surface area contributed by atoms with Crippen molar-refractivity contribution in [1.29, 1.82) is 0 Å². The van der Waals surface area contributed by atoms with Crippen molar-refractivity contribution >= 4 is 0 Å². The fourth-order valence-electron chi connectivity index (χ4n) is 3.90. The Balaban J connectivity index is 1.39. The predicted octanol–water partition coefficient (Wildman–Crippen LogP) is 2.76. The van der Waals surface area contributed by atoms with Crippen molar-refractivity contribution < 1.29 is 0 Å². The zero-order chi connectivity index (χ0) is 17.8. The van der Waals surface area contributed by atoms with Crippen LogP contribution in [0, 0.1) is 0 Å². The maximum absolute atomic E-state index is 6.20. The van der Waals surface area contributed by atoms with Gasteiger partial charge in [-0.1, -0.05) is 42.5 Å². The lowest BCUT2D eigenvalue weighted by molar-refractivity contribution is 0.156. The van der Waals surface area contributed by atoms with E-state index in [1.807, 2.05) is 0 Å². The largest absolute Gasteiger partial charge is 0.330 e. The summed E-state index contributed by atoms with van der Waals surface area (Å²) in [7, 11) is 0. The van der Waals surface area contributed by atoms with Gasteiger partial charge in [0.15, 0.2) is 0 Å². The fraction of sp³-hybridized carbons (Fsp3) is 0.333. The van der Waals surface area contributed by atoms with Gasteiger partial charge < -0.3 is 5.73 Å². The van der Waals surface area contributed by atoms with E-state index in [0.29, 0.717) is 0 Å². The number of likely N-dealkylation sites (tertiary alicyclic amines) is 1. The molecular weight excluding hydrogens is 322 g/mol. The van der Waals surface area contributed by atoms with Crippen molar-refractivity contribution in [1.82, 2.24) is 19.7 Å². The van der Waals surface area contributed by atoms with Crippen LogP contribution in [0.2, 0.25) is 0 Å². The van der Waals surface area contributed by atoms with Gasteiger partial charge in [0.2, 0.25) is 0 Å². The van der Waals surface area contributed by atoms with Gasteiger partial charge in [-0.15, -0.1) is 0 Å². The molecule has 0 amide bonds. The van der Waals surface area contributed by atoms with Crippen molar-refractivity contribution in [3.05, 3.63) is 78.4 Å². The summed E-state index contributed by atoms with van der Waals surface area (Å²) in [6, 6.07) is 19.3. The quantitative estimate of drug-likeness (QED) is 0.771. The average molecular weight is 347 g/mol. The van der Waals surface area contributed by atoms with Crippen LogP contribution in [0.4, 0.5) is 0 Å². The summed E-state index contributed by atoms with van der Waals surface area (Å²) in [4.78, 5) is 6.52. The molecule has 4 rings (SSSR count). The van der Waals surface area contributed by atoms with Crippen molar-refractivity contribution in [3.63, 3.8) is 0 Å². The van der Waals surface area contributed by atoms with Crippen LogP contribution < -0.4 is 5.73 Å². The van der Waals surface area contributed by atoms with E-state index in [-0.39, 0.29) is 5.41 Å². The molecule has 0 saturated carbocycles. The average Bonchev–Trinajstić information content (AvgIpc) is 3.25. The van der Waals surface area contributed by atoms with E-state index in [1.54, 1.807) is 17.3 Å². The summed E-state index contributed by atoms with van der Waals surface area (Å²) in [5.41, 5.74) is 10.1. The van der Waals surface area contributed by atoms with Crippen LogP contribution >= 0.6 is 0 Å². The third-order valence-electron chi connectivity index (χ3n) is 5.62. The molecule has 1 aliphatic rings. The summed E-state index contributed by atoms with van der Waals surface area (Å²) in [5, 5.41) is 4.17. The second-order valence-electron chi connectivity index (χ2n) is 7.13. The van der Waals surface area contributed by atoms with Gasteiger partial charge in [-0.25, -0.2) is 9.67 Å². The van der Waals surface area contributed by atoms with Crippen LogP contribution in [-0.4, -0.2) is 39.3 Å². The Morgan fingerprint density at radius 1 is 0.962 bits per heavy atom. The van der Waals surface area contributed by atoms with Gasteiger partial charge in [-0.2, -0.15) is 5.10 Å². The number of nitrogens with two attached hydrogens (primary N) is 1. The Labute approximate surface area is 154 Å². The van der Waals surface area contributed by atoms with Gasteiger partial charge in [-0.3, -0.25) is 4.90 Å². The molecule has 0 spiro atoms. The standard InChI is InChI=1S/C21H25N5/c22-15-21(19-4-2-1-3-5-19)10-12-25(13-11-21)14-18-6-8-20(9-7-18)26-17-23-16-24-26/h1-9,16-17H,10-15,22H2. The van der Waals surface area contributed by atoms with E-state index in [4.69, 9.17) is 5.73 Å². The highest BCUT2D eigenvalue weighted by atomic mass is 15.3. The van der Waals surface area contributed by atoms with E-state index < -0.39 is 0 Å². The number of aromatic nitrogens is 3. The molecule has 134 valence electrons. The maximum atomic E-state index is 6.20. The number of rotatable bonds is 5. The molecule has 1 aliphatic heterocycles. The van der Waals surface area contributed by atoms with E-state index in [9.17, 15) is 0 Å². The van der Waals surface area contributed by atoms with Crippen LogP contribution in [0.1, 0.15) is 24.0 Å². The highest BCUT2D eigenvalue weighted by molar-refractivity contribution is 5.33. The first kappa shape index (κ1) is 16.9. The molecule has 0 aliphatic carbocycles. The lowest BCUT2D eigenvalue weighted by Gasteiger charge is -2.41. The van der Waals surface area contributed by atoms with Gasteiger partial charge in [0.25, 0.3) is 0 Å². The van der Waals surface area contributed by atoms with Gasteiger partial charge in [-0.05, 0) is 49.2 Å². The lowest BCUT2D eigenvalue weighted by atomic mass is 9.73. The van der Waals surface area contributed by atoms with Crippen LogP contribution in [-0.2, 0) is 12.0 Å². The summed E-state index contributed by atoms with van der Waals surface area (Å²) >= 11 is 0. The molecule has 0 bridgehead atoms. The number of nitrogens with zero attached hydrogens (tertiary/aromatic N) is 4. The third-order valence-corrected chi connectivity index (χ3v) is 5.62. The SMILES string of the molecule is NCC1(c2ccccc2)CCN(Cc2ccc(-n3cncn3)cc2)CC1. The normalized spacial score (nSPS) is 17.3. The topological polar surface area (TPSA) is 60.0 Å². The first-order valence-electron chi connectivity index (χ1n) is 9.21. The molecule has 5 nitrogen and oxygen atoms in total. The van der Waals surface area contributed by atoms with Crippen molar-refractivity contribution in [2.24, 2.45) is 5.73 Å². The number of piperidine rings is 1. The first-order chi connectivity index (χ1) is 12.8. The molecule has 5 heteroatoms. The Hall–Kier alpha value is -2.50. The predicted molar refractivity (Wildman–Crippen MR) is 103 cm³/mol. The van der Waals surface area contributed by atoms with Crippen molar-refractivity contribution in [2.75, 3.05) is 19.6 Å². The molecule has 2 aromatic carbocycles. The van der Waals surface area contributed by atoms with Gasteiger partial charge in [0.05, 0.1) is 5.69 Å². The fourth-order valence-corrected chi connectivity index (χ4v) is 3.90. The third kappa shape index (κ3) is 3.41. The van der Waals surface area contributed by atoms with Crippen LogP contribution in [0.3, 0.4) is 0 Å². The number of hydrogen-bond acceptors (Lipinski definition) is 4. The summed E-state index contributed by atoms with van der Waals surface area (Å²) in [6.07, 6.45) is 5.50. The Kier molecular flexibility index (Phi) is 4.82. The highest BCUT2D eigenvalue weighted by Gasteiger charge is 2.34.